The molecule has 2 aliphatic rings. The molecule has 0 saturated carbocycles. The summed E-state index contributed by atoms with van der Waals surface area (Å²) in [7, 11) is 0. The molecular formula is C11H22N2. The molecule has 2 saturated heterocycles. The Labute approximate surface area is 81.7 Å². The first-order valence-corrected chi connectivity index (χ1v) is 5.74. The van der Waals surface area contributed by atoms with Gasteiger partial charge in [0.05, 0.1) is 0 Å². The highest BCUT2D eigenvalue weighted by Crippen LogP contribution is 2.29. The van der Waals surface area contributed by atoms with E-state index in [-0.39, 0.29) is 0 Å². The monoisotopic (exact) mass is 182 g/mol. The second kappa shape index (κ2) is 3.97. The molecule has 2 heterocycles. The topological polar surface area (TPSA) is 15.3 Å². The summed E-state index contributed by atoms with van der Waals surface area (Å²) < 4.78 is 0. The second-order valence-corrected chi connectivity index (χ2v) is 4.90. The SMILES string of the molecule is CC(C)C1CNCN2CCCCC12. The van der Waals surface area contributed by atoms with Crippen LogP contribution in [0.3, 0.4) is 0 Å². The van der Waals surface area contributed by atoms with Gasteiger partial charge in [-0.2, -0.15) is 0 Å². The fourth-order valence-corrected chi connectivity index (χ4v) is 2.89. The van der Waals surface area contributed by atoms with Crippen molar-refractivity contribution in [1.82, 2.24) is 10.2 Å². The van der Waals surface area contributed by atoms with Crippen LogP contribution in [0.25, 0.3) is 0 Å². The second-order valence-electron chi connectivity index (χ2n) is 4.90. The van der Waals surface area contributed by atoms with Gasteiger partial charge in [-0.3, -0.25) is 4.90 Å². The first-order chi connectivity index (χ1) is 6.29. The van der Waals surface area contributed by atoms with Crippen LogP contribution in [-0.4, -0.2) is 30.7 Å². The number of nitrogens with zero attached hydrogens (tertiary/aromatic N) is 1. The molecule has 2 fully saturated rings. The van der Waals surface area contributed by atoms with Gasteiger partial charge in [0.15, 0.2) is 0 Å². The fourth-order valence-electron chi connectivity index (χ4n) is 2.89. The summed E-state index contributed by atoms with van der Waals surface area (Å²) in [5.41, 5.74) is 0. The number of fused-ring (bicyclic) bond motifs is 1. The number of piperidine rings is 1. The van der Waals surface area contributed by atoms with E-state index in [9.17, 15) is 0 Å². The van der Waals surface area contributed by atoms with E-state index in [1.165, 1.54) is 32.4 Å². The van der Waals surface area contributed by atoms with Gasteiger partial charge >= 0.3 is 0 Å². The summed E-state index contributed by atoms with van der Waals surface area (Å²) in [6, 6.07) is 0.884. The van der Waals surface area contributed by atoms with Crippen LogP contribution < -0.4 is 5.32 Å². The van der Waals surface area contributed by atoms with Crippen LogP contribution in [0.15, 0.2) is 0 Å². The molecule has 2 heteroatoms. The molecular weight excluding hydrogens is 160 g/mol. The van der Waals surface area contributed by atoms with E-state index in [4.69, 9.17) is 0 Å². The van der Waals surface area contributed by atoms with Gasteiger partial charge in [-0.05, 0) is 31.2 Å². The Hall–Kier alpha value is -0.0800. The molecule has 13 heavy (non-hydrogen) atoms. The largest absolute Gasteiger partial charge is 0.304 e. The lowest BCUT2D eigenvalue weighted by molar-refractivity contribution is 0.0362. The average Bonchev–Trinajstić information content (AvgIpc) is 2.17. The van der Waals surface area contributed by atoms with E-state index in [1.807, 2.05) is 0 Å². The van der Waals surface area contributed by atoms with Crippen LogP contribution in [0.1, 0.15) is 33.1 Å². The van der Waals surface area contributed by atoms with Gasteiger partial charge in [0.2, 0.25) is 0 Å². The number of hydrogen-bond acceptors (Lipinski definition) is 2. The summed E-state index contributed by atoms with van der Waals surface area (Å²) in [6.07, 6.45) is 4.29. The van der Waals surface area contributed by atoms with E-state index < -0.39 is 0 Å². The van der Waals surface area contributed by atoms with E-state index in [0.717, 1.165) is 24.5 Å². The molecule has 1 N–H and O–H groups in total. The van der Waals surface area contributed by atoms with E-state index in [2.05, 4.69) is 24.1 Å². The van der Waals surface area contributed by atoms with Crippen molar-refractivity contribution in [3.05, 3.63) is 0 Å². The molecule has 0 radical (unpaired) electrons. The molecule has 2 rings (SSSR count). The van der Waals surface area contributed by atoms with Crippen molar-refractivity contribution in [2.24, 2.45) is 11.8 Å². The van der Waals surface area contributed by atoms with Gasteiger partial charge in [0.25, 0.3) is 0 Å². The minimum absolute atomic E-state index is 0.832. The van der Waals surface area contributed by atoms with Crippen LogP contribution in [0.2, 0.25) is 0 Å². The first-order valence-electron chi connectivity index (χ1n) is 5.74. The van der Waals surface area contributed by atoms with Crippen LogP contribution >= 0.6 is 0 Å². The van der Waals surface area contributed by atoms with Crippen molar-refractivity contribution < 1.29 is 0 Å². The minimum Gasteiger partial charge on any atom is -0.304 e. The average molecular weight is 182 g/mol. The molecule has 76 valence electrons. The van der Waals surface area contributed by atoms with Crippen LogP contribution in [0, 0.1) is 11.8 Å². The van der Waals surface area contributed by atoms with Crippen molar-refractivity contribution >= 4 is 0 Å². The summed E-state index contributed by atoms with van der Waals surface area (Å²) in [5.74, 6) is 1.72. The summed E-state index contributed by atoms with van der Waals surface area (Å²) in [4.78, 5) is 2.65. The van der Waals surface area contributed by atoms with E-state index in [0.29, 0.717) is 0 Å². The number of nitrogens with one attached hydrogen (secondary N) is 1. The third-order valence-electron chi connectivity index (χ3n) is 3.71. The van der Waals surface area contributed by atoms with Crippen molar-refractivity contribution in [2.75, 3.05) is 19.8 Å². The lowest BCUT2D eigenvalue weighted by atomic mass is 9.82. The predicted octanol–water partition coefficient (Wildman–Crippen LogP) is 1.67. The van der Waals surface area contributed by atoms with Gasteiger partial charge in [0.1, 0.15) is 0 Å². The molecule has 0 amide bonds. The molecule has 2 nitrogen and oxygen atoms in total. The predicted molar refractivity (Wildman–Crippen MR) is 55.5 cm³/mol. The molecule has 0 aliphatic carbocycles. The van der Waals surface area contributed by atoms with Gasteiger partial charge in [-0.25, -0.2) is 0 Å². The Morgan fingerprint density at radius 3 is 2.92 bits per heavy atom. The lowest BCUT2D eigenvalue weighted by Crippen LogP contribution is -2.57. The molecule has 2 unspecified atom stereocenters. The van der Waals surface area contributed by atoms with Crippen molar-refractivity contribution in [1.29, 1.82) is 0 Å². The van der Waals surface area contributed by atoms with Gasteiger partial charge in [-0.15, -0.1) is 0 Å². The molecule has 0 aromatic carbocycles. The fraction of sp³-hybridized carbons (Fsp3) is 1.00. The standard InChI is InChI=1S/C11H22N2/c1-9(2)10-7-12-8-13-6-4-3-5-11(10)13/h9-12H,3-8H2,1-2H3. The highest BCUT2D eigenvalue weighted by molar-refractivity contribution is 4.88. The molecule has 0 spiro atoms. The minimum atomic E-state index is 0.832. The zero-order chi connectivity index (χ0) is 9.26. The lowest BCUT2D eigenvalue weighted by Gasteiger charge is -2.46. The van der Waals surface area contributed by atoms with Gasteiger partial charge in [-0.1, -0.05) is 20.3 Å². The van der Waals surface area contributed by atoms with Crippen LogP contribution in [0.5, 0.6) is 0 Å². The van der Waals surface area contributed by atoms with Crippen molar-refractivity contribution in [3.63, 3.8) is 0 Å². The Kier molecular flexibility index (Phi) is 2.89. The Bertz CT molecular complexity index is 165. The zero-order valence-electron chi connectivity index (χ0n) is 8.92. The smallest absolute Gasteiger partial charge is 0.0483 e. The van der Waals surface area contributed by atoms with E-state index in [1.54, 1.807) is 0 Å². The van der Waals surface area contributed by atoms with Crippen molar-refractivity contribution in [3.8, 4) is 0 Å². The molecule has 2 aliphatic heterocycles. The Balaban J connectivity index is 2.02. The Morgan fingerprint density at radius 1 is 1.31 bits per heavy atom. The normalized spacial score (nSPS) is 36.2. The highest BCUT2D eigenvalue weighted by Gasteiger charge is 2.34. The molecule has 0 aromatic heterocycles. The summed E-state index contributed by atoms with van der Waals surface area (Å²) in [6.45, 7) is 8.42. The first kappa shape index (κ1) is 9.47. The van der Waals surface area contributed by atoms with Crippen LogP contribution in [-0.2, 0) is 0 Å². The zero-order valence-corrected chi connectivity index (χ0v) is 8.92. The van der Waals surface area contributed by atoms with Gasteiger partial charge in [0, 0.05) is 19.3 Å². The highest BCUT2D eigenvalue weighted by atomic mass is 15.3. The quantitative estimate of drug-likeness (QED) is 0.663. The van der Waals surface area contributed by atoms with Crippen LogP contribution in [0.4, 0.5) is 0 Å². The number of hydrogen-bond donors (Lipinski definition) is 1. The maximum absolute atomic E-state index is 3.54. The third-order valence-corrected chi connectivity index (χ3v) is 3.71. The number of rotatable bonds is 1. The van der Waals surface area contributed by atoms with E-state index >= 15 is 0 Å². The molecule has 0 aromatic rings. The molecule has 0 bridgehead atoms. The summed E-state index contributed by atoms with van der Waals surface area (Å²) >= 11 is 0. The van der Waals surface area contributed by atoms with Gasteiger partial charge < -0.3 is 5.32 Å². The maximum Gasteiger partial charge on any atom is 0.0483 e. The maximum atomic E-state index is 3.54. The van der Waals surface area contributed by atoms with Crippen molar-refractivity contribution in [2.45, 2.75) is 39.2 Å². The third kappa shape index (κ3) is 1.89. The summed E-state index contributed by atoms with van der Waals surface area (Å²) in [5, 5.41) is 3.54. The molecule has 2 atom stereocenters. The Morgan fingerprint density at radius 2 is 2.15 bits per heavy atom.